The Morgan fingerprint density at radius 3 is 2.60 bits per heavy atom. The van der Waals surface area contributed by atoms with E-state index in [1.54, 1.807) is 0 Å². The fourth-order valence-corrected chi connectivity index (χ4v) is 4.76. The zero-order valence-electron chi connectivity index (χ0n) is 20.2. The van der Waals surface area contributed by atoms with Crippen LogP contribution in [0.2, 0.25) is 0 Å². The van der Waals surface area contributed by atoms with Gasteiger partial charge in [0.15, 0.2) is 0 Å². The molecule has 1 aliphatic rings. The number of likely N-dealkylation sites (tertiary alicyclic amines) is 1. The van der Waals surface area contributed by atoms with Gasteiger partial charge < -0.3 is 14.7 Å². The van der Waals surface area contributed by atoms with Gasteiger partial charge >= 0.3 is 6.18 Å². The molecule has 2 atom stereocenters. The van der Waals surface area contributed by atoms with Gasteiger partial charge in [-0.1, -0.05) is 29.8 Å². The van der Waals surface area contributed by atoms with Gasteiger partial charge in [-0.05, 0) is 63.3 Å². The molecule has 1 saturated heterocycles. The first-order chi connectivity index (χ1) is 16.6. The number of anilines is 1. The minimum atomic E-state index is -4.43. The zero-order chi connectivity index (χ0) is 25.3. The predicted molar refractivity (Wildman–Crippen MR) is 127 cm³/mol. The van der Waals surface area contributed by atoms with Gasteiger partial charge in [0, 0.05) is 30.4 Å². The summed E-state index contributed by atoms with van der Waals surface area (Å²) in [5.74, 6) is 1.12. The molecule has 1 amide bonds. The summed E-state index contributed by atoms with van der Waals surface area (Å²) >= 11 is 0. The van der Waals surface area contributed by atoms with Crippen LogP contribution >= 0.6 is 0 Å². The minimum absolute atomic E-state index is 0.0811. The Morgan fingerprint density at radius 2 is 1.97 bits per heavy atom. The molecule has 3 aromatic rings. The number of hydrogen-bond donors (Lipinski definition) is 1. The SMILES string of the molecule is Cc1ccc(-c2c(C)noc2C)c(C(=O)N2CCCC(C)[C@H]2CNc2ccc(C(F)(F)F)cn2)c1. The number of alkyl halides is 3. The highest BCUT2D eigenvalue weighted by Crippen LogP contribution is 2.34. The standard InChI is InChI=1S/C26H29F3N4O2/c1-15-7-9-20(24-17(3)32-35-18(24)4)21(12-15)25(34)33-11-5-6-16(2)22(33)14-31-23-10-8-19(13-30-23)26(27,28)29/h7-10,12-13,16,22H,5-6,11,14H2,1-4H3,(H,30,31)/t16?,22-/m1/s1. The molecule has 1 N–H and O–H groups in total. The van der Waals surface area contributed by atoms with Crippen LogP contribution < -0.4 is 5.32 Å². The molecule has 0 radical (unpaired) electrons. The van der Waals surface area contributed by atoms with Crippen LogP contribution in [0.3, 0.4) is 0 Å². The molecule has 0 spiro atoms. The third-order valence-corrected chi connectivity index (χ3v) is 6.67. The van der Waals surface area contributed by atoms with Gasteiger partial charge in [0.25, 0.3) is 5.91 Å². The molecule has 0 bridgehead atoms. The molecule has 1 unspecified atom stereocenters. The third-order valence-electron chi connectivity index (χ3n) is 6.67. The minimum Gasteiger partial charge on any atom is -0.368 e. The summed E-state index contributed by atoms with van der Waals surface area (Å²) in [5.41, 5.74) is 3.09. The van der Waals surface area contributed by atoms with Crippen LogP contribution in [-0.4, -0.2) is 40.1 Å². The fraction of sp³-hybridized carbons (Fsp3) is 0.423. The first kappa shape index (κ1) is 24.8. The van der Waals surface area contributed by atoms with E-state index in [1.807, 2.05) is 43.9 Å². The lowest BCUT2D eigenvalue weighted by molar-refractivity contribution is -0.137. The van der Waals surface area contributed by atoms with E-state index in [4.69, 9.17) is 4.52 Å². The van der Waals surface area contributed by atoms with E-state index in [2.05, 4.69) is 22.4 Å². The number of nitrogens with one attached hydrogen (secondary N) is 1. The number of carbonyl (C=O) groups is 1. The number of halogens is 3. The maximum absolute atomic E-state index is 13.9. The summed E-state index contributed by atoms with van der Waals surface area (Å²) in [6.07, 6.45) is -1.77. The number of piperidine rings is 1. The fourth-order valence-electron chi connectivity index (χ4n) is 4.76. The molecular formula is C26H29F3N4O2. The summed E-state index contributed by atoms with van der Waals surface area (Å²) in [4.78, 5) is 19.7. The highest BCUT2D eigenvalue weighted by atomic mass is 19.4. The number of nitrogens with zero attached hydrogens (tertiary/aromatic N) is 3. The second kappa shape index (κ2) is 9.71. The van der Waals surface area contributed by atoms with Crippen molar-refractivity contribution in [2.75, 3.05) is 18.4 Å². The number of amides is 1. The molecule has 35 heavy (non-hydrogen) atoms. The van der Waals surface area contributed by atoms with Crippen molar-refractivity contribution < 1.29 is 22.5 Å². The van der Waals surface area contributed by atoms with E-state index in [9.17, 15) is 18.0 Å². The van der Waals surface area contributed by atoms with Crippen LogP contribution in [-0.2, 0) is 6.18 Å². The van der Waals surface area contributed by atoms with Crippen LogP contribution in [0.1, 0.15) is 52.7 Å². The number of benzene rings is 1. The Balaban J connectivity index is 1.60. The predicted octanol–water partition coefficient (Wildman–Crippen LogP) is 6.03. The van der Waals surface area contributed by atoms with Crippen LogP contribution in [0.25, 0.3) is 11.1 Å². The Kier molecular flexibility index (Phi) is 6.87. The summed E-state index contributed by atoms with van der Waals surface area (Å²) in [6.45, 7) is 8.71. The molecule has 3 heterocycles. The monoisotopic (exact) mass is 486 g/mol. The maximum atomic E-state index is 13.9. The average Bonchev–Trinajstić information content (AvgIpc) is 3.15. The quantitative estimate of drug-likeness (QED) is 0.477. The molecule has 1 aliphatic heterocycles. The largest absolute Gasteiger partial charge is 0.417 e. The Labute approximate surface area is 202 Å². The van der Waals surface area contributed by atoms with Crippen molar-refractivity contribution in [3.63, 3.8) is 0 Å². The number of carbonyl (C=O) groups excluding carboxylic acids is 1. The van der Waals surface area contributed by atoms with Gasteiger partial charge in [0.05, 0.1) is 17.3 Å². The third kappa shape index (κ3) is 5.18. The molecule has 6 nitrogen and oxygen atoms in total. The lowest BCUT2D eigenvalue weighted by Gasteiger charge is -2.40. The van der Waals surface area contributed by atoms with E-state index in [1.165, 1.54) is 6.07 Å². The summed E-state index contributed by atoms with van der Waals surface area (Å²) in [6, 6.07) is 7.97. The molecule has 186 valence electrons. The topological polar surface area (TPSA) is 71.3 Å². The zero-order valence-corrected chi connectivity index (χ0v) is 20.2. The van der Waals surface area contributed by atoms with Crippen molar-refractivity contribution in [3.05, 3.63) is 64.7 Å². The van der Waals surface area contributed by atoms with Crippen molar-refractivity contribution >= 4 is 11.7 Å². The summed E-state index contributed by atoms with van der Waals surface area (Å²) in [7, 11) is 0. The van der Waals surface area contributed by atoms with E-state index in [0.717, 1.165) is 47.5 Å². The van der Waals surface area contributed by atoms with Crippen LogP contribution in [0.5, 0.6) is 0 Å². The first-order valence-electron chi connectivity index (χ1n) is 11.7. The van der Waals surface area contributed by atoms with Gasteiger partial charge in [-0.25, -0.2) is 4.98 Å². The van der Waals surface area contributed by atoms with Crippen molar-refractivity contribution in [1.29, 1.82) is 0 Å². The van der Waals surface area contributed by atoms with Gasteiger partial charge in [-0.15, -0.1) is 0 Å². The second-order valence-electron chi connectivity index (χ2n) is 9.24. The molecule has 0 saturated carbocycles. The van der Waals surface area contributed by atoms with E-state index in [-0.39, 0.29) is 17.9 Å². The van der Waals surface area contributed by atoms with Crippen LogP contribution in [0.4, 0.5) is 19.0 Å². The lowest BCUT2D eigenvalue weighted by Crippen LogP contribution is -2.51. The molecular weight excluding hydrogens is 457 g/mol. The maximum Gasteiger partial charge on any atom is 0.417 e. The van der Waals surface area contributed by atoms with Crippen LogP contribution in [0.15, 0.2) is 41.1 Å². The highest BCUT2D eigenvalue weighted by Gasteiger charge is 2.34. The number of aryl methyl sites for hydroxylation is 3. The first-order valence-corrected chi connectivity index (χ1v) is 11.7. The van der Waals surface area contributed by atoms with Crippen molar-refractivity contribution in [3.8, 4) is 11.1 Å². The van der Waals surface area contributed by atoms with Crippen molar-refractivity contribution in [2.24, 2.45) is 5.92 Å². The molecule has 2 aromatic heterocycles. The van der Waals surface area contributed by atoms with Crippen LogP contribution in [0, 0.1) is 26.7 Å². The van der Waals surface area contributed by atoms with Gasteiger partial charge in [0.2, 0.25) is 0 Å². The Bertz CT molecular complexity index is 1180. The van der Waals surface area contributed by atoms with E-state index in [0.29, 0.717) is 30.2 Å². The molecule has 4 rings (SSSR count). The molecule has 9 heteroatoms. The summed E-state index contributed by atoms with van der Waals surface area (Å²) < 4.78 is 43.9. The van der Waals surface area contributed by atoms with Gasteiger partial charge in [0.1, 0.15) is 11.6 Å². The number of rotatable bonds is 5. The summed E-state index contributed by atoms with van der Waals surface area (Å²) in [5, 5.41) is 7.19. The van der Waals surface area contributed by atoms with E-state index < -0.39 is 11.7 Å². The van der Waals surface area contributed by atoms with E-state index >= 15 is 0 Å². The smallest absolute Gasteiger partial charge is 0.368 e. The van der Waals surface area contributed by atoms with Gasteiger partial charge in [-0.2, -0.15) is 13.2 Å². The molecule has 1 aromatic carbocycles. The second-order valence-corrected chi connectivity index (χ2v) is 9.24. The Morgan fingerprint density at radius 1 is 1.20 bits per heavy atom. The number of aromatic nitrogens is 2. The molecule has 0 aliphatic carbocycles. The Hall–Kier alpha value is -3.36. The normalized spacial score (nSPS) is 18.5. The van der Waals surface area contributed by atoms with Crippen molar-refractivity contribution in [1.82, 2.24) is 15.0 Å². The average molecular weight is 487 g/mol. The number of pyridine rings is 1. The highest BCUT2D eigenvalue weighted by molar-refractivity contribution is 6.01. The number of hydrogen-bond acceptors (Lipinski definition) is 5. The van der Waals surface area contributed by atoms with Gasteiger partial charge in [-0.3, -0.25) is 4.79 Å². The lowest BCUT2D eigenvalue weighted by atomic mass is 9.88. The van der Waals surface area contributed by atoms with Crippen molar-refractivity contribution in [2.45, 2.75) is 52.8 Å². The molecule has 1 fully saturated rings.